The largest absolute Gasteiger partial charge is 0.497 e. The minimum Gasteiger partial charge on any atom is -0.497 e. The molecule has 0 spiro atoms. The topological polar surface area (TPSA) is 53.1 Å². The van der Waals surface area contributed by atoms with Gasteiger partial charge in [-0.15, -0.1) is 0 Å². The zero-order valence-electron chi connectivity index (χ0n) is 15.4. The molecule has 1 unspecified atom stereocenters. The molecule has 0 aliphatic carbocycles. The number of carbonyl (C=O) groups is 2. The molecule has 2 fully saturated rings. The van der Waals surface area contributed by atoms with E-state index in [1.807, 2.05) is 32.9 Å². The van der Waals surface area contributed by atoms with E-state index in [4.69, 9.17) is 4.74 Å². The van der Waals surface area contributed by atoms with Crippen LogP contribution in [-0.4, -0.2) is 61.6 Å². The number of carbonyl (C=O) groups excluding carboxylic acids is 2. The number of likely N-dealkylation sites (tertiary alicyclic amines) is 2. The number of amides is 3. The van der Waals surface area contributed by atoms with E-state index in [2.05, 4.69) is 0 Å². The average Bonchev–Trinajstić information content (AvgIpc) is 3.36. The SMILES string of the molecule is COc1ccc2c(c1)CCN2C(=O)C1CCCN(C(=O)N2CCCC2)C1. The Labute approximate surface area is 154 Å². The fraction of sp³-hybridized carbons (Fsp3) is 0.600. The molecule has 6 heteroatoms. The molecule has 0 aromatic heterocycles. The number of methoxy groups -OCH3 is 1. The Hall–Kier alpha value is -2.24. The smallest absolute Gasteiger partial charge is 0.320 e. The van der Waals surface area contributed by atoms with E-state index in [0.717, 1.165) is 69.7 Å². The Bertz CT molecular complexity index is 700. The maximum absolute atomic E-state index is 13.2. The van der Waals surface area contributed by atoms with Crippen molar-refractivity contribution < 1.29 is 14.3 Å². The highest BCUT2D eigenvalue weighted by atomic mass is 16.5. The summed E-state index contributed by atoms with van der Waals surface area (Å²) in [6.07, 6.45) is 4.82. The van der Waals surface area contributed by atoms with Crippen molar-refractivity contribution in [1.82, 2.24) is 9.80 Å². The Morgan fingerprint density at radius 3 is 2.58 bits per heavy atom. The van der Waals surface area contributed by atoms with Gasteiger partial charge in [-0.1, -0.05) is 0 Å². The van der Waals surface area contributed by atoms with Crippen molar-refractivity contribution in [2.45, 2.75) is 32.1 Å². The Morgan fingerprint density at radius 2 is 1.81 bits per heavy atom. The molecule has 3 aliphatic rings. The van der Waals surface area contributed by atoms with Crippen LogP contribution < -0.4 is 9.64 Å². The van der Waals surface area contributed by atoms with Crippen LogP contribution >= 0.6 is 0 Å². The molecule has 3 heterocycles. The van der Waals surface area contributed by atoms with Gasteiger partial charge in [0.05, 0.1) is 13.0 Å². The Kier molecular flexibility index (Phi) is 4.74. The second kappa shape index (κ2) is 7.17. The molecule has 0 radical (unpaired) electrons. The van der Waals surface area contributed by atoms with Crippen molar-refractivity contribution in [1.29, 1.82) is 0 Å². The molecule has 26 heavy (non-hydrogen) atoms. The van der Waals surface area contributed by atoms with E-state index in [-0.39, 0.29) is 17.9 Å². The van der Waals surface area contributed by atoms with E-state index in [1.54, 1.807) is 7.11 Å². The third-order valence-electron chi connectivity index (χ3n) is 5.87. The van der Waals surface area contributed by atoms with Crippen molar-refractivity contribution in [2.75, 3.05) is 44.7 Å². The highest BCUT2D eigenvalue weighted by Crippen LogP contribution is 2.33. The van der Waals surface area contributed by atoms with E-state index >= 15 is 0 Å². The molecule has 3 amide bonds. The predicted molar refractivity (Wildman–Crippen MR) is 99.6 cm³/mol. The lowest BCUT2D eigenvalue weighted by molar-refractivity contribution is -0.123. The molecule has 0 N–H and O–H groups in total. The van der Waals surface area contributed by atoms with Crippen LogP contribution in [0.5, 0.6) is 5.75 Å². The zero-order chi connectivity index (χ0) is 18.1. The molecule has 4 rings (SSSR count). The van der Waals surface area contributed by atoms with Crippen molar-refractivity contribution in [3.05, 3.63) is 23.8 Å². The van der Waals surface area contributed by atoms with E-state index in [0.29, 0.717) is 6.54 Å². The van der Waals surface area contributed by atoms with E-state index in [9.17, 15) is 9.59 Å². The van der Waals surface area contributed by atoms with Crippen molar-refractivity contribution in [3.8, 4) is 5.75 Å². The summed E-state index contributed by atoms with van der Waals surface area (Å²) in [4.78, 5) is 31.6. The highest BCUT2D eigenvalue weighted by Gasteiger charge is 2.35. The standard InChI is InChI=1S/C20H27N3O3/c1-26-17-6-7-18-15(13-17)8-12-23(18)19(24)16-5-4-11-22(14-16)20(25)21-9-2-3-10-21/h6-7,13,16H,2-5,8-12,14H2,1H3. The van der Waals surface area contributed by atoms with Gasteiger partial charge in [-0.3, -0.25) is 4.79 Å². The van der Waals surface area contributed by atoms with Gasteiger partial charge < -0.3 is 19.4 Å². The van der Waals surface area contributed by atoms with Gasteiger partial charge in [0.15, 0.2) is 0 Å². The van der Waals surface area contributed by atoms with Crippen LogP contribution in [0.15, 0.2) is 18.2 Å². The van der Waals surface area contributed by atoms with Crippen LogP contribution in [0.25, 0.3) is 0 Å². The quantitative estimate of drug-likeness (QED) is 0.817. The molecule has 1 atom stereocenters. The maximum atomic E-state index is 13.2. The van der Waals surface area contributed by atoms with Gasteiger partial charge in [-0.2, -0.15) is 0 Å². The number of anilines is 1. The van der Waals surface area contributed by atoms with Gasteiger partial charge in [0.2, 0.25) is 5.91 Å². The lowest BCUT2D eigenvalue weighted by Gasteiger charge is -2.36. The molecule has 6 nitrogen and oxygen atoms in total. The van der Waals surface area contributed by atoms with Gasteiger partial charge in [0.25, 0.3) is 0 Å². The number of fused-ring (bicyclic) bond motifs is 1. The molecule has 3 aliphatic heterocycles. The number of hydrogen-bond donors (Lipinski definition) is 0. The molecular weight excluding hydrogens is 330 g/mol. The Morgan fingerprint density at radius 1 is 1.04 bits per heavy atom. The number of rotatable bonds is 2. The average molecular weight is 357 g/mol. The number of hydrogen-bond acceptors (Lipinski definition) is 3. The minimum absolute atomic E-state index is 0.0941. The lowest BCUT2D eigenvalue weighted by Crippen LogP contribution is -2.50. The first-order valence-electron chi connectivity index (χ1n) is 9.69. The van der Waals surface area contributed by atoms with Gasteiger partial charge in [0, 0.05) is 38.4 Å². The molecule has 140 valence electrons. The summed E-state index contributed by atoms with van der Waals surface area (Å²) in [5, 5.41) is 0. The van der Waals surface area contributed by atoms with Crippen molar-refractivity contribution in [2.24, 2.45) is 5.92 Å². The number of ether oxygens (including phenoxy) is 1. The molecule has 0 bridgehead atoms. The fourth-order valence-corrected chi connectivity index (χ4v) is 4.42. The van der Waals surface area contributed by atoms with Crippen molar-refractivity contribution in [3.63, 3.8) is 0 Å². The summed E-state index contributed by atoms with van der Waals surface area (Å²) in [6.45, 7) is 3.76. The third-order valence-corrected chi connectivity index (χ3v) is 5.87. The zero-order valence-corrected chi connectivity index (χ0v) is 15.4. The van der Waals surface area contributed by atoms with Crippen LogP contribution in [0, 0.1) is 5.92 Å². The van der Waals surface area contributed by atoms with Crippen LogP contribution in [-0.2, 0) is 11.2 Å². The van der Waals surface area contributed by atoms with E-state index < -0.39 is 0 Å². The van der Waals surface area contributed by atoms with Crippen molar-refractivity contribution >= 4 is 17.6 Å². The second-order valence-corrected chi connectivity index (χ2v) is 7.50. The number of benzene rings is 1. The molecular formula is C20H27N3O3. The number of urea groups is 1. The molecule has 2 saturated heterocycles. The first-order valence-corrected chi connectivity index (χ1v) is 9.69. The van der Waals surface area contributed by atoms with Gasteiger partial charge >= 0.3 is 6.03 Å². The molecule has 1 aromatic carbocycles. The van der Waals surface area contributed by atoms with Crippen LogP contribution in [0.4, 0.5) is 10.5 Å². The van der Waals surface area contributed by atoms with E-state index in [1.165, 1.54) is 5.56 Å². The minimum atomic E-state index is -0.0941. The van der Waals surface area contributed by atoms with Crippen LogP contribution in [0.2, 0.25) is 0 Å². The van der Waals surface area contributed by atoms with Gasteiger partial charge in [-0.05, 0) is 55.9 Å². The summed E-state index contributed by atoms with van der Waals surface area (Å²) < 4.78 is 5.29. The summed E-state index contributed by atoms with van der Waals surface area (Å²) >= 11 is 0. The van der Waals surface area contributed by atoms with Crippen LogP contribution in [0.3, 0.4) is 0 Å². The van der Waals surface area contributed by atoms with Gasteiger partial charge in [-0.25, -0.2) is 4.79 Å². The second-order valence-electron chi connectivity index (χ2n) is 7.50. The molecule has 0 saturated carbocycles. The summed E-state index contributed by atoms with van der Waals surface area (Å²) in [5.74, 6) is 0.897. The Balaban J connectivity index is 1.45. The predicted octanol–water partition coefficient (Wildman–Crippen LogP) is 2.51. The van der Waals surface area contributed by atoms with Gasteiger partial charge in [0.1, 0.15) is 5.75 Å². The summed E-state index contributed by atoms with van der Waals surface area (Å²) in [7, 11) is 1.66. The monoisotopic (exact) mass is 357 g/mol. The first kappa shape index (κ1) is 17.2. The normalized spacial score (nSPS) is 22.5. The maximum Gasteiger partial charge on any atom is 0.320 e. The first-order chi connectivity index (χ1) is 12.7. The summed E-state index contributed by atoms with van der Waals surface area (Å²) in [5.41, 5.74) is 2.16. The number of nitrogens with zero attached hydrogens (tertiary/aromatic N) is 3. The third kappa shape index (κ3) is 3.13. The number of piperidine rings is 1. The fourth-order valence-electron chi connectivity index (χ4n) is 4.42. The molecule has 1 aromatic rings. The highest BCUT2D eigenvalue weighted by molar-refractivity contribution is 5.97. The van der Waals surface area contributed by atoms with Crippen LogP contribution in [0.1, 0.15) is 31.2 Å². The lowest BCUT2D eigenvalue weighted by atomic mass is 9.96. The summed E-state index contributed by atoms with van der Waals surface area (Å²) in [6, 6.07) is 6.03.